The molecule has 146 valence electrons. The van der Waals surface area contributed by atoms with Gasteiger partial charge in [0.1, 0.15) is 5.82 Å². The Morgan fingerprint density at radius 2 is 1.64 bits per heavy atom. The molecular formula is C21H20F3N3O. The van der Waals surface area contributed by atoms with Crippen LogP contribution in [0.15, 0.2) is 59.4 Å². The molecule has 0 aliphatic carbocycles. The Balaban J connectivity index is 1.70. The molecule has 2 heterocycles. The lowest BCUT2D eigenvalue weighted by Gasteiger charge is -2.28. The van der Waals surface area contributed by atoms with Crippen molar-refractivity contribution >= 4 is 0 Å². The van der Waals surface area contributed by atoms with Crippen LogP contribution in [0.4, 0.5) is 13.2 Å². The molecule has 1 aliphatic rings. The van der Waals surface area contributed by atoms with Crippen LogP contribution in [0.2, 0.25) is 0 Å². The molecule has 1 aliphatic heterocycles. The second kappa shape index (κ2) is 6.36. The van der Waals surface area contributed by atoms with E-state index in [0.717, 1.165) is 25.8 Å². The van der Waals surface area contributed by atoms with E-state index in [0.29, 0.717) is 17.9 Å². The summed E-state index contributed by atoms with van der Waals surface area (Å²) in [6.45, 7) is 2.29. The number of hydrogen-bond donors (Lipinski definition) is 0. The summed E-state index contributed by atoms with van der Waals surface area (Å²) in [6, 6.07) is 15.6. The van der Waals surface area contributed by atoms with Crippen LogP contribution >= 0.6 is 0 Å². The van der Waals surface area contributed by atoms with Gasteiger partial charge in [-0.3, -0.25) is 4.57 Å². The molecular weight excluding hydrogens is 367 g/mol. The van der Waals surface area contributed by atoms with E-state index in [-0.39, 0.29) is 17.3 Å². The van der Waals surface area contributed by atoms with Crippen LogP contribution in [0.3, 0.4) is 0 Å². The number of aryl methyl sites for hydroxylation is 1. The summed E-state index contributed by atoms with van der Waals surface area (Å²) >= 11 is 0. The highest BCUT2D eigenvalue weighted by Gasteiger charge is 2.48. The third-order valence-corrected chi connectivity index (χ3v) is 5.56. The Morgan fingerprint density at radius 3 is 2.25 bits per heavy atom. The van der Waals surface area contributed by atoms with Gasteiger partial charge in [-0.2, -0.15) is 17.9 Å². The van der Waals surface area contributed by atoms with Crippen LogP contribution in [0, 0.1) is 0 Å². The summed E-state index contributed by atoms with van der Waals surface area (Å²) in [5, 5.41) is 4.42. The summed E-state index contributed by atoms with van der Waals surface area (Å²) < 4.78 is 42.7. The Kier molecular flexibility index (Phi) is 4.21. The fourth-order valence-electron chi connectivity index (χ4n) is 3.64. The lowest BCUT2D eigenvalue weighted by Crippen LogP contribution is -2.36. The molecule has 0 radical (unpaired) electrons. The molecule has 4 nitrogen and oxygen atoms in total. The Morgan fingerprint density at radius 1 is 1.00 bits per heavy atom. The first-order chi connectivity index (χ1) is 13.2. The fourth-order valence-corrected chi connectivity index (χ4v) is 3.64. The standard InChI is InChI=1S/C21H20F3N3O/c1-20(2,21(22,23)24)15-8-10-16(11-9-15)27-19(28)26-17(12-13-18(26)25-27)14-6-4-3-5-7-14/h3-11,17H,12-13H2,1-2H3/t17-/m0/s1. The molecule has 1 atom stereocenters. The number of hydrogen-bond acceptors (Lipinski definition) is 2. The summed E-state index contributed by atoms with van der Waals surface area (Å²) in [5.41, 5.74) is -0.592. The number of nitrogens with zero attached hydrogens (tertiary/aromatic N) is 3. The molecule has 4 rings (SSSR count). The zero-order valence-corrected chi connectivity index (χ0v) is 15.6. The van der Waals surface area contributed by atoms with Crippen molar-refractivity contribution in [3.8, 4) is 5.69 Å². The van der Waals surface area contributed by atoms with E-state index >= 15 is 0 Å². The van der Waals surface area contributed by atoms with Gasteiger partial charge in [0.25, 0.3) is 0 Å². The fraction of sp³-hybridized carbons (Fsp3) is 0.333. The average molecular weight is 387 g/mol. The first kappa shape index (κ1) is 18.5. The van der Waals surface area contributed by atoms with Crippen molar-refractivity contribution in [2.75, 3.05) is 0 Å². The van der Waals surface area contributed by atoms with Gasteiger partial charge in [0, 0.05) is 6.42 Å². The van der Waals surface area contributed by atoms with Gasteiger partial charge >= 0.3 is 11.9 Å². The smallest absolute Gasteiger partial charge is 0.271 e. The highest BCUT2D eigenvalue weighted by atomic mass is 19.4. The third-order valence-electron chi connectivity index (χ3n) is 5.56. The van der Waals surface area contributed by atoms with Gasteiger partial charge in [-0.15, -0.1) is 5.10 Å². The summed E-state index contributed by atoms with van der Waals surface area (Å²) in [4.78, 5) is 13.0. The van der Waals surface area contributed by atoms with Crippen LogP contribution in [-0.4, -0.2) is 20.5 Å². The van der Waals surface area contributed by atoms with E-state index in [2.05, 4.69) is 5.10 Å². The molecule has 0 unspecified atom stereocenters. The molecule has 0 saturated carbocycles. The maximum absolute atomic E-state index is 13.2. The number of benzene rings is 2. The van der Waals surface area contributed by atoms with E-state index in [1.54, 1.807) is 4.57 Å². The predicted octanol–water partition coefficient (Wildman–Crippen LogP) is 4.41. The SMILES string of the molecule is CC(C)(c1ccc(-n2nc3n(c2=O)[C@H](c2ccccc2)CC3)cc1)C(F)(F)F. The monoisotopic (exact) mass is 387 g/mol. The minimum absolute atomic E-state index is 0.0686. The molecule has 28 heavy (non-hydrogen) atoms. The average Bonchev–Trinajstić information content (AvgIpc) is 3.22. The van der Waals surface area contributed by atoms with Crippen LogP contribution in [0.25, 0.3) is 5.69 Å². The van der Waals surface area contributed by atoms with E-state index < -0.39 is 11.6 Å². The number of rotatable bonds is 3. The first-order valence-corrected chi connectivity index (χ1v) is 9.13. The topological polar surface area (TPSA) is 39.8 Å². The molecule has 0 spiro atoms. The largest absolute Gasteiger partial charge is 0.397 e. The van der Waals surface area contributed by atoms with Gasteiger partial charge in [-0.1, -0.05) is 42.5 Å². The van der Waals surface area contributed by atoms with E-state index in [4.69, 9.17) is 0 Å². The van der Waals surface area contributed by atoms with Crippen molar-refractivity contribution in [1.82, 2.24) is 14.3 Å². The van der Waals surface area contributed by atoms with Crippen molar-refractivity contribution in [1.29, 1.82) is 0 Å². The Bertz CT molecular complexity index is 1050. The lowest BCUT2D eigenvalue weighted by molar-refractivity contribution is -0.180. The van der Waals surface area contributed by atoms with Gasteiger partial charge < -0.3 is 0 Å². The first-order valence-electron chi connectivity index (χ1n) is 9.13. The number of alkyl halides is 3. The van der Waals surface area contributed by atoms with E-state index in [1.165, 1.54) is 28.9 Å². The second-order valence-corrected chi connectivity index (χ2v) is 7.62. The molecule has 0 fully saturated rings. The normalized spacial score (nSPS) is 17.0. The maximum atomic E-state index is 13.2. The number of fused-ring (bicyclic) bond motifs is 1. The van der Waals surface area contributed by atoms with Crippen molar-refractivity contribution < 1.29 is 13.2 Å². The number of halogens is 3. The Hall–Kier alpha value is -2.83. The second-order valence-electron chi connectivity index (χ2n) is 7.62. The maximum Gasteiger partial charge on any atom is 0.397 e. The lowest BCUT2D eigenvalue weighted by atomic mass is 9.84. The molecule has 0 bridgehead atoms. The molecule has 3 aromatic rings. The molecule has 1 aromatic heterocycles. The van der Waals surface area contributed by atoms with Crippen molar-refractivity contribution in [2.24, 2.45) is 0 Å². The predicted molar refractivity (Wildman–Crippen MR) is 99.8 cm³/mol. The van der Waals surface area contributed by atoms with Crippen LogP contribution in [-0.2, 0) is 11.8 Å². The molecule has 0 saturated heterocycles. The molecule has 0 N–H and O–H groups in total. The molecule has 2 aromatic carbocycles. The van der Waals surface area contributed by atoms with Gasteiger partial charge in [-0.25, -0.2) is 4.79 Å². The van der Waals surface area contributed by atoms with Gasteiger partial charge in [0.2, 0.25) is 0 Å². The highest BCUT2D eigenvalue weighted by molar-refractivity contribution is 5.37. The Labute approximate surface area is 160 Å². The minimum atomic E-state index is -4.36. The van der Waals surface area contributed by atoms with Crippen LogP contribution in [0.5, 0.6) is 0 Å². The quantitative estimate of drug-likeness (QED) is 0.668. The third kappa shape index (κ3) is 2.85. The van der Waals surface area contributed by atoms with Gasteiger partial charge in [0.05, 0.1) is 17.1 Å². The zero-order valence-electron chi connectivity index (χ0n) is 15.6. The molecule has 0 amide bonds. The van der Waals surface area contributed by atoms with Crippen LogP contribution in [0.1, 0.15) is 43.3 Å². The van der Waals surface area contributed by atoms with Gasteiger partial charge in [0.15, 0.2) is 0 Å². The summed E-state index contributed by atoms with van der Waals surface area (Å²) in [6.07, 6.45) is -2.87. The zero-order chi connectivity index (χ0) is 20.1. The summed E-state index contributed by atoms with van der Waals surface area (Å²) in [7, 11) is 0. The van der Waals surface area contributed by atoms with Crippen molar-refractivity contribution in [3.05, 3.63) is 82.0 Å². The summed E-state index contributed by atoms with van der Waals surface area (Å²) in [5.74, 6) is 0.693. The van der Waals surface area contributed by atoms with Gasteiger partial charge in [-0.05, 0) is 43.5 Å². The molecule has 7 heteroatoms. The van der Waals surface area contributed by atoms with Crippen molar-refractivity contribution in [2.45, 2.75) is 44.3 Å². The number of aromatic nitrogens is 3. The minimum Gasteiger partial charge on any atom is -0.271 e. The van der Waals surface area contributed by atoms with E-state index in [1.807, 2.05) is 30.3 Å². The van der Waals surface area contributed by atoms with Crippen molar-refractivity contribution in [3.63, 3.8) is 0 Å². The highest BCUT2D eigenvalue weighted by Crippen LogP contribution is 2.40. The van der Waals surface area contributed by atoms with Crippen LogP contribution < -0.4 is 5.69 Å². The van der Waals surface area contributed by atoms with E-state index in [9.17, 15) is 18.0 Å².